The van der Waals surface area contributed by atoms with Crippen molar-refractivity contribution in [1.82, 2.24) is 10.9 Å². The Bertz CT molecular complexity index is 929. The Balaban J connectivity index is 1.89. The number of hydrazine groups is 1. The summed E-state index contributed by atoms with van der Waals surface area (Å²) in [5.41, 5.74) is 4.70. The summed E-state index contributed by atoms with van der Waals surface area (Å²) in [7, 11) is -2.12. The second-order valence-electron chi connectivity index (χ2n) is 5.68. The van der Waals surface area contributed by atoms with E-state index in [0.29, 0.717) is 18.1 Å². The molecule has 0 radical (unpaired) electrons. The maximum atomic E-state index is 12.2. The number of sulfone groups is 1. The summed E-state index contributed by atoms with van der Waals surface area (Å²) in [4.78, 5) is 24.2. The van der Waals surface area contributed by atoms with Crippen LogP contribution in [0.2, 0.25) is 0 Å². The van der Waals surface area contributed by atoms with Crippen molar-refractivity contribution in [3.05, 3.63) is 54.1 Å². The molecule has 150 valence electrons. The molecule has 2 N–H and O–H groups in total. The van der Waals surface area contributed by atoms with Crippen LogP contribution in [-0.2, 0) is 14.6 Å². The van der Waals surface area contributed by atoms with Crippen LogP contribution in [0.15, 0.2) is 53.4 Å². The monoisotopic (exact) mass is 406 g/mol. The highest BCUT2D eigenvalue weighted by Gasteiger charge is 2.17. The summed E-state index contributed by atoms with van der Waals surface area (Å²) in [6.45, 7) is 2.28. The van der Waals surface area contributed by atoms with Crippen molar-refractivity contribution in [2.75, 3.05) is 19.5 Å². The normalized spacial score (nSPS) is 10.8. The lowest BCUT2D eigenvalue weighted by molar-refractivity contribution is -0.121. The van der Waals surface area contributed by atoms with E-state index >= 15 is 0 Å². The molecular formula is C19H22N2O6S. The fourth-order valence-electron chi connectivity index (χ4n) is 2.32. The maximum Gasteiger partial charge on any atom is 0.269 e. The van der Waals surface area contributed by atoms with Crippen LogP contribution < -0.4 is 20.3 Å². The van der Waals surface area contributed by atoms with Gasteiger partial charge in [0.15, 0.2) is 21.3 Å². The Hall–Kier alpha value is -3.07. The molecule has 2 rings (SSSR count). The summed E-state index contributed by atoms with van der Waals surface area (Å²) in [5.74, 6) is -0.673. The van der Waals surface area contributed by atoms with Crippen molar-refractivity contribution < 1.29 is 27.5 Å². The van der Waals surface area contributed by atoms with Crippen LogP contribution in [0.4, 0.5) is 0 Å². The molecule has 28 heavy (non-hydrogen) atoms. The van der Waals surface area contributed by atoms with Gasteiger partial charge in [0.25, 0.3) is 5.91 Å². The van der Waals surface area contributed by atoms with Crippen molar-refractivity contribution in [1.29, 1.82) is 0 Å². The number of amides is 2. The molecule has 0 heterocycles. The topological polar surface area (TPSA) is 111 Å². The molecule has 0 unspecified atom stereocenters. The van der Waals surface area contributed by atoms with Crippen molar-refractivity contribution in [3.8, 4) is 11.5 Å². The Morgan fingerprint density at radius 3 is 2.36 bits per heavy atom. The largest absolute Gasteiger partial charge is 0.493 e. The van der Waals surface area contributed by atoms with Gasteiger partial charge in [-0.25, -0.2) is 8.42 Å². The molecule has 0 aliphatic rings. The highest BCUT2D eigenvalue weighted by Crippen LogP contribution is 2.27. The van der Waals surface area contributed by atoms with E-state index in [1.165, 1.54) is 31.4 Å². The Labute approximate surface area is 163 Å². The van der Waals surface area contributed by atoms with E-state index in [0.717, 1.165) is 0 Å². The zero-order valence-electron chi connectivity index (χ0n) is 15.6. The van der Waals surface area contributed by atoms with Crippen LogP contribution in [0, 0.1) is 0 Å². The Morgan fingerprint density at radius 1 is 1.00 bits per heavy atom. The molecule has 0 saturated carbocycles. The molecule has 2 aromatic rings. The minimum Gasteiger partial charge on any atom is -0.493 e. The van der Waals surface area contributed by atoms with Gasteiger partial charge < -0.3 is 9.47 Å². The smallest absolute Gasteiger partial charge is 0.269 e. The Kier molecular flexibility index (Phi) is 7.39. The van der Waals surface area contributed by atoms with E-state index in [9.17, 15) is 18.0 Å². The van der Waals surface area contributed by atoms with Crippen LogP contribution in [0.5, 0.6) is 11.5 Å². The van der Waals surface area contributed by atoms with Crippen LogP contribution in [0.3, 0.4) is 0 Å². The average Bonchev–Trinajstić information content (AvgIpc) is 2.71. The van der Waals surface area contributed by atoms with Gasteiger partial charge in [-0.2, -0.15) is 0 Å². The van der Waals surface area contributed by atoms with Crippen LogP contribution in [0.1, 0.15) is 23.7 Å². The quantitative estimate of drug-likeness (QED) is 0.646. The molecule has 2 amide bonds. The third-order valence-electron chi connectivity index (χ3n) is 3.74. The van der Waals surface area contributed by atoms with Gasteiger partial charge >= 0.3 is 0 Å². The number of nitrogens with one attached hydrogen (secondary N) is 2. The molecule has 0 aliphatic heterocycles. The van der Waals surface area contributed by atoms with E-state index in [-0.39, 0.29) is 22.6 Å². The molecule has 0 aromatic heterocycles. The zero-order chi connectivity index (χ0) is 20.6. The summed E-state index contributed by atoms with van der Waals surface area (Å²) in [6, 6.07) is 12.4. The maximum absolute atomic E-state index is 12.2. The summed E-state index contributed by atoms with van der Waals surface area (Å²) in [6.07, 6.45) is -0.288. The fourth-order valence-corrected chi connectivity index (χ4v) is 3.58. The van der Waals surface area contributed by atoms with Gasteiger partial charge in [-0.1, -0.05) is 18.2 Å². The minimum atomic E-state index is -3.57. The lowest BCUT2D eigenvalue weighted by Gasteiger charge is -2.11. The van der Waals surface area contributed by atoms with Gasteiger partial charge in [-0.3, -0.25) is 20.4 Å². The first kappa shape index (κ1) is 21.2. The standard InChI is InChI=1S/C19H22N2O6S/c1-3-27-16-10-9-14(13-17(16)26-2)19(23)21-20-18(22)11-12-28(24,25)15-7-5-4-6-8-15/h4-10,13H,3,11-12H2,1-2H3,(H,20,22)(H,21,23). The summed E-state index contributed by atoms with van der Waals surface area (Å²) >= 11 is 0. The SMILES string of the molecule is CCOc1ccc(C(=O)NNC(=O)CCS(=O)(=O)c2ccccc2)cc1OC. The van der Waals surface area contributed by atoms with Crippen molar-refractivity contribution >= 4 is 21.7 Å². The summed E-state index contributed by atoms with van der Waals surface area (Å²) < 4.78 is 34.9. The third-order valence-corrected chi connectivity index (χ3v) is 5.47. The molecule has 0 fully saturated rings. The van der Waals surface area contributed by atoms with E-state index in [2.05, 4.69) is 10.9 Å². The lowest BCUT2D eigenvalue weighted by atomic mass is 10.2. The third kappa shape index (κ3) is 5.71. The highest BCUT2D eigenvalue weighted by molar-refractivity contribution is 7.91. The number of carbonyl (C=O) groups excluding carboxylic acids is 2. The molecule has 2 aromatic carbocycles. The first-order chi connectivity index (χ1) is 13.4. The Morgan fingerprint density at radius 2 is 1.71 bits per heavy atom. The van der Waals surface area contributed by atoms with Gasteiger partial charge in [0.2, 0.25) is 5.91 Å². The number of hydrogen-bond acceptors (Lipinski definition) is 6. The molecule has 8 nitrogen and oxygen atoms in total. The number of rotatable bonds is 8. The zero-order valence-corrected chi connectivity index (χ0v) is 16.4. The highest BCUT2D eigenvalue weighted by atomic mass is 32.2. The van der Waals surface area contributed by atoms with Gasteiger partial charge in [-0.05, 0) is 37.3 Å². The minimum absolute atomic E-state index is 0.147. The predicted octanol–water partition coefficient (Wildman–Crippen LogP) is 1.72. The van der Waals surface area contributed by atoms with E-state index in [1.807, 2.05) is 6.92 Å². The van der Waals surface area contributed by atoms with Gasteiger partial charge in [0.05, 0.1) is 24.4 Å². The fraction of sp³-hybridized carbons (Fsp3) is 0.263. The number of hydrogen-bond donors (Lipinski definition) is 2. The average molecular weight is 406 g/mol. The number of carbonyl (C=O) groups is 2. The van der Waals surface area contributed by atoms with Gasteiger partial charge in [0.1, 0.15) is 0 Å². The number of ether oxygens (including phenoxy) is 2. The first-order valence-electron chi connectivity index (χ1n) is 8.55. The van der Waals surface area contributed by atoms with Crippen molar-refractivity contribution in [2.45, 2.75) is 18.2 Å². The second-order valence-corrected chi connectivity index (χ2v) is 7.79. The molecule has 0 saturated heterocycles. The van der Waals surface area contributed by atoms with E-state index in [4.69, 9.17) is 9.47 Å². The number of benzene rings is 2. The van der Waals surface area contributed by atoms with E-state index < -0.39 is 21.7 Å². The molecule has 0 spiro atoms. The molecule has 0 atom stereocenters. The molecule has 9 heteroatoms. The molecule has 0 bridgehead atoms. The van der Waals surface area contributed by atoms with Crippen LogP contribution in [-0.4, -0.2) is 39.7 Å². The predicted molar refractivity (Wildman–Crippen MR) is 103 cm³/mol. The van der Waals surface area contributed by atoms with Crippen LogP contribution >= 0.6 is 0 Å². The van der Waals surface area contributed by atoms with Crippen molar-refractivity contribution in [2.24, 2.45) is 0 Å². The second kappa shape index (κ2) is 9.75. The molecule has 0 aliphatic carbocycles. The first-order valence-corrected chi connectivity index (χ1v) is 10.2. The van der Waals surface area contributed by atoms with E-state index in [1.54, 1.807) is 24.3 Å². The summed E-state index contributed by atoms with van der Waals surface area (Å²) in [5, 5.41) is 0. The van der Waals surface area contributed by atoms with Gasteiger partial charge in [-0.15, -0.1) is 0 Å². The van der Waals surface area contributed by atoms with Crippen LogP contribution in [0.25, 0.3) is 0 Å². The van der Waals surface area contributed by atoms with Crippen molar-refractivity contribution in [3.63, 3.8) is 0 Å². The number of methoxy groups -OCH3 is 1. The van der Waals surface area contributed by atoms with Gasteiger partial charge in [0, 0.05) is 12.0 Å². The lowest BCUT2D eigenvalue weighted by Crippen LogP contribution is -2.42. The molecular weight excluding hydrogens is 384 g/mol.